The van der Waals surface area contributed by atoms with Crippen LogP contribution in [-0.4, -0.2) is 17.8 Å². The molecule has 106 valence electrons. The van der Waals surface area contributed by atoms with Gasteiger partial charge in [0, 0.05) is 0 Å². The minimum Gasteiger partial charge on any atom is -0.386 e. The van der Waals surface area contributed by atoms with Gasteiger partial charge in [-0.3, -0.25) is 0 Å². The number of aliphatic hydroxyl groups excluding tert-OH is 1. The van der Waals surface area contributed by atoms with Crippen molar-refractivity contribution in [2.24, 2.45) is 0 Å². The second-order valence-electron chi connectivity index (χ2n) is 4.88. The van der Waals surface area contributed by atoms with Gasteiger partial charge in [-0.05, 0) is 30.5 Å². The number of alkyl halides is 3. The Bertz CT molecular complexity index is 411. The van der Waals surface area contributed by atoms with Crippen LogP contribution in [0.3, 0.4) is 0 Å². The Balaban J connectivity index is 1.96. The highest BCUT2D eigenvalue weighted by Gasteiger charge is 2.31. The molecule has 1 fully saturated rings. The maximum Gasteiger partial charge on any atom is 0.416 e. The van der Waals surface area contributed by atoms with E-state index < -0.39 is 17.8 Å². The van der Waals surface area contributed by atoms with Crippen molar-refractivity contribution in [1.29, 1.82) is 0 Å². The molecule has 0 aromatic heterocycles. The molecule has 2 rings (SSSR count). The summed E-state index contributed by atoms with van der Waals surface area (Å²) in [5.41, 5.74) is -0.502. The van der Waals surface area contributed by atoms with Gasteiger partial charge in [0.25, 0.3) is 0 Å². The van der Waals surface area contributed by atoms with Crippen molar-refractivity contribution in [3.05, 3.63) is 35.4 Å². The van der Waals surface area contributed by atoms with E-state index in [2.05, 4.69) is 0 Å². The lowest BCUT2D eigenvalue weighted by Crippen LogP contribution is -2.15. The fourth-order valence-corrected chi connectivity index (χ4v) is 2.30. The molecule has 1 atom stereocenters. The topological polar surface area (TPSA) is 29.5 Å². The van der Waals surface area contributed by atoms with Crippen LogP contribution >= 0.6 is 0 Å². The van der Waals surface area contributed by atoms with Crippen LogP contribution in [0.25, 0.3) is 0 Å². The Kier molecular flexibility index (Phi) is 4.47. The summed E-state index contributed by atoms with van der Waals surface area (Å²) in [6.45, 7) is 0.0476. The third kappa shape index (κ3) is 3.94. The maximum absolute atomic E-state index is 12.5. The molecule has 1 aliphatic carbocycles. The fraction of sp³-hybridized carbons (Fsp3) is 0.571. The second kappa shape index (κ2) is 5.92. The fourth-order valence-electron chi connectivity index (χ4n) is 2.30. The lowest BCUT2D eigenvalue weighted by molar-refractivity contribution is -0.137. The number of hydrogen-bond donors (Lipinski definition) is 1. The highest BCUT2D eigenvalue weighted by atomic mass is 19.4. The van der Waals surface area contributed by atoms with Gasteiger partial charge in [0.05, 0.1) is 18.3 Å². The molecule has 1 aromatic rings. The number of benzene rings is 1. The molecule has 1 unspecified atom stereocenters. The van der Waals surface area contributed by atoms with Gasteiger partial charge in [0.15, 0.2) is 0 Å². The third-order valence-corrected chi connectivity index (χ3v) is 3.39. The average molecular weight is 274 g/mol. The predicted molar refractivity (Wildman–Crippen MR) is 64.6 cm³/mol. The molecule has 1 saturated carbocycles. The van der Waals surface area contributed by atoms with Gasteiger partial charge < -0.3 is 9.84 Å². The van der Waals surface area contributed by atoms with E-state index in [1.165, 1.54) is 12.1 Å². The Hall–Kier alpha value is -1.07. The van der Waals surface area contributed by atoms with Crippen molar-refractivity contribution in [1.82, 2.24) is 0 Å². The molecule has 0 radical (unpaired) electrons. The van der Waals surface area contributed by atoms with Crippen molar-refractivity contribution >= 4 is 0 Å². The Labute approximate surface area is 110 Å². The van der Waals surface area contributed by atoms with Crippen molar-refractivity contribution in [3.8, 4) is 0 Å². The first-order valence-electron chi connectivity index (χ1n) is 6.43. The van der Waals surface area contributed by atoms with Gasteiger partial charge in [-0.15, -0.1) is 0 Å². The standard InChI is InChI=1S/C14H17F3O2/c15-14(16,17)11-5-3-4-10(8-11)13(18)9-19-12-6-1-2-7-12/h3-5,8,12-13,18H,1-2,6-7,9H2. The molecule has 2 nitrogen and oxygen atoms in total. The summed E-state index contributed by atoms with van der Waals surface area (Å²) in [4.78, 5) is 0. The van der Waals surface area contributed by atoms with E-state index in [0.29, 0.717) is 0 Å². The molecular formula is C14H17F3O2. The summed E-state index contributed by atoms with van der Waals surface area (Å²) in [7, 11) is 0. The number of ether oxygens (including phenoxy) is 1. The van der Waals surface area contributed by atoms with Crippen molar-refractivity contribution in [2.75, 3.05) is 6.61 Å². The van der Waals surface area contributed by atoms with Gasteiger partial charge in [0.1, 0.15) is 6.10 Å². The van der Waals surface area contributed by atoms with E-state index in [0.717, 1.165) is 37.8 Å². The molecule has 0 bridgehead atoms. The minimum atomic E-state index is -4.39. The van der Waals surface area contributed by atoms with Crippen molar-refractivity contribution in [2.45, 2.75) is 44.1 Å². The molecule has 0 aliphatic heterocycles. The lowest BCUT2D eigenvalue weighted by atomic mass is 10.1. The monoisotopic (exact) mass is 274 g/mol. The number of aliphatic hydroxyl groups is 1. The molecule has 1 aliphatic rings. The molecule has 19 heavy (non-hydrogen) atoms. The van der Waals surface area contributed by atoms with E-state index in [9.17, 15) is 18.3 Å². The van der Waals surface area contributed by atoms with E-state index in [1.54, 1.807) is 0 Å². The Morgan fingerprint density at radius 3 is 2.58 bits per heavy atom. The number of rotatable bonds is 4. The largest absolute Gasteiger partial charge is 0.416 e. The van der Waals surface area contributed by atoms with Gasteiger partial charge in [-0.25, -0.2) is 0 Å². The molecule has 5 heteroatoms. The quantitative estimate of drug-likeness (QED) is 0.907. The number of hydrogen-bond acceptors (Lipinski definition) is 2. The van der Waals surface area contributed by atoms with Crippen LogP contribution < -0.4 is 0 Å². The average Bonchev–Trinajstić information content (AvgIpc) is 2.88. The molecule has 0 spiro atoms. The van der Waals surface area contributed by atoms with E-state index in [1.807, 2.05) is 0 Å². The summed E-state index contributed by atoms with van der Waals surface area (Å²) < 4.78 is 43.2. The van der Waals surface area contributed by atoms with Gasteiger partial charge in [-0.2, -0.15) is 13.2 Å². The van der Waals surface area contributed by atoms with Crippen LogP contribution in [0.5, 0.6) is 0 Å². The molecule has 1 aromatic carbocycles. The predicted octanol–water partition coefficient (Wildman–Crippen LogP) is 3.70. The Morgan fingerprint density at radius 1 is 1.26 bits per heavy atom. The molecule has 0 heterocycles. The van der Waals surface area contributed by atoms with E-state index in [4.69, 9.17) is 4.74 Å². The highest BCUT2D eigenvalue weighted by molar-refractivity contribution is 5.27. The summed E-state index contributed by atoms with van der Waals surface area (Å²) >= 11 is 0. The van der Waals surface area contributed by atoms with Gasteiger partial charge in [-0.1, -0.05) is 25.0 Å². The number of halogens is 3. The maximum atomic E-state index is 12.5. The van der Waals surface area contributed by atoms with Crippen LogP contribution in [0, 0.1) is 0 Å². The van der Waals surface area contributed by atoms with E-state index >= 15 is 0 Å². The third-order valence-electron chi connectivity index (χ3n) is 3.39. The smallest absolute Gasteiger partial charge is 0.386 e. The SMILES string of the molecule is OC(COC1CCCC1)c1cccc(C(F)(F)F)c1. The van der Waals surface area contributed by atoms with Gasteiger partial charge in [0.2, 0.25) is 0 Å². The summed E-state index contributed by atoms with van der Waals surface area (Å²) in [6, 6.07) is 4.76. The molecule has 0 amide bonds. The van der Waals surface area contributed by atoms with Crippen molar-refractivity contribution in [3.63, 3.8) is 0 Å². The van der Waals surface area contributed by atoms with Crippen molar-refractivity contribution < 1.29 is 23.0 Å². The van der Waals surface area contributed by atoms with Crippen LogP contribution in [0.1, 0.15) is 42.9 Å². The summed E-state index contributed by atoms with van der Waals surface area (Å²) in [5.74, 6) is 0. The van der Waals surface area contributed by atoms with Crippen LogP contribution in [0.2, 0.25) is 0 Å². The zero-order chi connectivity index (χ0) is 13.9. The molecule has 0 saturated heterocycles. The van der Waals surface area contributed by atoms with Crippen LogP contribution in [0.15, 0.2) is 24.3 Å². The zero-order valence-electron chi connectivity index (χ0n) is 10.5. The van der Waals surface area contributed by atoms with Crippen LogP contribution in [0.4, 0.5) is 13.2 Å². The Morgan fingerprint density at radius 2 is 1.95 bits per heavy atom. The summed E-state index contributed by atoms with van der Waals surface area (Å²) in [6.07, 6.45) is -1.09. The first-order valence-corrected chi connectivity index (χ1v) is 6.43. The second-order valence-corrected chi connectivity index (χ2v) is 4.88. The highest BCUT2D eigenvalue weighted by Crippen LogP contribution is 2.31. The normalized spacial score (nSPS) is 18.7. The molecule has 1 N–H and O–H groups in total. The van der Waals surface area contributed by atoms with Crippen LogP contribution in [-0.2, 0) is 10.9 Å². The first-order chi connectivity index (χ1) is 8.97. The van der Waals surface area contributed by atoms with Gasteiger partial charge >= 0.3 is 6.18 Å². The minimum absolute atomic E-state index is 0.0476. The lowest BCUT2D eigenvalue weighted by Gasteiger charge is -2.17. The summed E-state index contributed by atoms with van der Waals surface area (Å²) in [5, 5.41) is 9.88. The first kappa shape index (κ1) is 14.3. The van der Waals surface area contributed by atoms with E-state index in [-0.39, 0.29) is 18.3 Å². The molecular weight excluding hydrogens is 257 g/mol. The zero-order valence-corrected chi connectivity index (χ0v) is 10.5.